The number of carbonyl (C=O) groups is 1. The zero-order valence-corrected chi connectivity index (χ0v) is 17.3. The van der Waals surface area contributed by atoms with E-state index in [1.165, 1.54) is 29.6 Å². The predicted molar refractivity (Wildman–Crippen MR) is 114 cm³/mol. The fourth-order valence-electron chi connectivity index (χ4n) is 3.49. The number of benzene rings is 3. The summed E-state index contributed by atoms with van der Waals surface area (Å²) in [5, 5.41) is 4.77. The summed E-state index contributed by atoms with van der Waals surface area (Å²) in [6.07, 6.45) is 0. The van der Waals surface area contributed by atoms with Gasteiger partial charge in [-0.15, -0.1) is 0 Å². The highest BCUT2D eigenvalue weighted by Gasteiger charge is 2.28. The van der Waals surface area contributed by atoms with Crippen molar-refractivity contribution in [2.75, 3.05) is 38.7 Å². The van der Waals surface area contributed by atoms with Crippen molar-refractivity contribution >= 4 is 32.4 Å². The van der Waals surface area contributed by atoms with E-state index in [4.69, 9.17) is 9.47 Å². The molecular weight excluding hydrogens is 404 g/mol. The van der Waals surface area contributed by atoms with Gasteiger partial charge in [0, 0.05) is 24.2 Å². The van der Waals surface area contributed by atoms with Gasteiger partial charge in [0.05, 0.1) is 30.8 Å². The summed E-state index contributed by atoms with van der Waals surface area (Å²) in [6.45, 7) is 1.27. The SMILES string of the molecule is COc1ccc(S(=O)(=O)N2CCOCC2)cc1C(=O)Nc1cccc2ccccc12. The Labute approximate surface area is 175 Å². The number of anilines is 1. The smallest absolute Gasteiger partial charge is 0.259 e. The highest BCUT2D eigenvalue weighted by atomic mass is 32.2. The van der Waals surface area contributed by atoms with Gasteiger partial charge in [0.15, 0.2) is 0 Å². The number of sulfonamides is 1. The van der Waals surface area contributed by atoms with E-state index < -0.39 is 15.9 Å². The molecule has 0 spiro atoms. The quantitative estimate of drug-likeness (QED) is 0.678. The van der Waals surface area contributed by atoms with Crippen LogP contribution in [0.25, 0.3) is 10.8 Å². The molecule has 1 amide bonds. The minimum atomic E-state index is -3.73. The van der Waals surface area contributed by atoms with Gasteiger partial charge < -0.3 is 14.8 Å². The first-order chi connectivity index (χ1) is 14.5. The number of methoxy groups -OCH3 is 1. The third kappa shape index (κ3) is 3.89. The molecule has 0 aliphatic carbocycles. The molecule has 1 saturated heterocycles. The van der Waals surface area contributed by atoms with E-state index >= 15 is 0 Å². The number of ether oxygens (including phenoxy) is 2. The second-order valence-electron chi connectivity index (χ2n) is 6.86. The molecule has 0 bridgehead atoms. The Morgan fingerprint density at radius 1 is 1.03 bits per heavy atom. The first-order valence-corrected chi connectivity index (χ1v) is 11.0. The van der Waals surface area contributed by atoms with Crippen molar-refractivity contribution < 1.29 is 22.7 Å². The van der Waals surface area contributed by atoms with Crippen molar-refractivity contribution in [2.45, 2.75) is 4.90 Å². The lowest BCUT2D eigenvalue weighted by Gasteiger charge is -2.26. The molecule has 0 aromatic heterocycles. The number of rotatable bonds is 5. The maximum Gasteiger partial charge on any atom is 0.259 e. The van der Waals surface area contributed by atoms with E-state index in [9.17, 15) is 13.2 Å². The van der Waals surface area contributed by atoms with Crippen LogP contribution in [-0.2, 0) is 14.8 Å². The normalized spacial score (nSPS) is 15.1. The number of nitrogens with zero attached hydrogens (tertiary/aromatic N) is 1. The molecule has 30 heavy (non-hydrogen) atoms. The summed E-state index contributed by atoms with van der Waals surface area (Å²) in [7, 11) is -2.29. The number of amides is 1. The lowest BCUT2D eigenvalue weighted by Crippen LogP contribution is -2.40. The minimum absolute atomic E-state index is 0.0493. The van der Waals surface area contributed by atoms with E-state index in [-0.39, 0.29) is 23.5 Å². The molecule has 0 unspecified atom stereocenters. The summed E-state index contributed by atoms with van der Waals surface area (Å²) in [5.41, 5.74) is 0.793. The van der Waals surface area contributed by atoms with Gasteiger partial charge in [-0.05, 0) is 29.7 Å². The molecule has 3 aromatic carbocycles. The average Bonchev–Trinajstić information content (AvgIpc) is 2.79. The van der Waals surface area contributed by atoms with Gasteiger partial charge in [0.2, 0.25) is 10.0 Å². The lowest BCUT2D eigenvalue weighted by atomic mass is 10.1. The topological polar surface area (TPSA) is 84.9 Å². The van der Waals surface area contributed by atoms with Crippen LogP contribution in [0.15, 0.2) is 65.6 Å². The molecule has 1 heterocycles. The van der Waals surface area contributed by atoms with Crippen LogP contribution < -0.4 is 10.1 Å². The van der Waals surface area contributed by atoms with Crippen molar-refractivity contribution in [1.82, 2.24) is 4.31 Å². The summed E-state index contributed by atoms with van der Waals surface area (Å²) in [4.78, 5) is 13.1. The molecule has 0 radical (unpaired) electrons. The minimum Gasteiger partial charge on any atom is -0.496 e. The van der Waals surface area contributed by atoms with E-state index in [0.717, 1.165) is 10.8 Å². The highest BCUT2D eigenvalue weighted by molar-refractivity contribution is 7.89. The van der Waals surface area contributed by atoms with Crippen molar-refractivity contribution in [3.63, 3.8) is 0 Å². The third-order valence-corrected chi connectivity index (χ3v) is 6.96. The molecule has 4 rings (SSSR count). The molecule has 1 N–H and O–H groups in total. The van der Waals surface area contributed by atoms with E-state index in [1.54, 1.807) is 6.07 Å². The number of nitrogens with one attached hydrogen (secondary N) is 1. The molecule has 1 aliphatic rings. The lowest BCUT2D eigenvalue weighted by molar-refractivity contribution is 0.0730. The molecule has 156 valence electrons. The Kier molecular flexibility index (Phi) is 5.72. The van der Waals surface area contributed by atoms with Gasteiger partial charge >= 0.3 is 0 Å². The summed E-state index contributed by atoms with van der Waals surface area (Å²) in [5.74, 6) is -0.143. The third-order valence-electron chi connectivity index (χ3n) is 5.06. The van der Waals surface area contributed by atoms with Gasteiger partial charge in [-0.25, -0.2) is 8.42 Å². The van der Waals surface area contributed by atoms with Crippen LogP contribution >= 0.6 is 0 Å². The molecule has 8 heteroatoms. The van der Waals surface area contributed by atoms with Crippen molar-refractivity contribution in [2.24, 2.45) is 0 Å². The Balaban J connectivity index is 1.69. The van der Waals surface area contributed by atoms with Crippen LogP contribution in [0.5, 0.6) is 5.75 Å². The van der Waals surface area contributed by atoms with Crippen LogP contribution in [0.3, 0.4) is 0 Å². The number of fused-ring (bicyclic) bond motifs is 1. The molecule has 1 fully saturated rings. The predicted octanol–water partition coefficient (Wildman–Crippen LogP) is 3.12. The molecule has 3 aromatic rings. The largest absolute Gasteiger partial charge is 0.496 e. The number of morpholine rings is 1. The highest BCUT2D eigenvalue weighted by Crippen LogP contribution is 2.28. The number of hydrogen-bond donors (Lipinski definition) is 1. The van der Waals surface area contributed by atoms with Gasteiger partial charge in [0.25, 0.3) is 5.91 Å². The van der Waals surface area contributed by atoms with E-state index in [1.807, 2.05) is 36.4 Å². The maximum atomic E-state index is 13.1. The first-order valence-electron chi connectivity index (χ1n) is 9.56. The van der Waals surface area contributed by atoms with Gasteiger partial charge in [-0.2, -0.15) is 4.31 Å². The first kappa shape index (κ1) is 20.3. The fraction of sp³-hybridized carbons (Fsp3) is 0.227. The van der Waals surface area contributed by atoms with E-state index in [2.05, 4.69) is 5.32 Å². The Bertz CT molecular complexity index is 1180. The number of carbonyl (C=O) groups excluding carboxylic acids is 1. The molecule has 7 nitrogen and oxygen atoms in total. The van der Waals surface area contributed by atoms with Gasteiger partial charge in [0.1, 0.15) is 5.75 Å². The molecule has 1 aliphatic heterocycles. The van der Waals surface area contributed by atoms with Crippen LogP contribution in [0.2, 0.25) is 0 Å². The summed E-state index contributed by atoms with van der Waals surface area (Å²) < 4.78 is 37.9. The molecule has 0 atom stereocenters. The monoisotopic (exact) mass is 426 g/mol. The van der Waals surface area contributed by atoms with Gasteiger partial charge in [-0.3, -0.25) is 4.79 Å². The standard InChI is InChI=1S/C22H22N2O5S/c1-28-21-10-9-17(30(26,27)24-11-13-29-14-12-24)15-19(21)22(25)23-20-8-4-6-16-5-2-3-7-18(16)20/h2-10,15H,11-14H2,1H3,(H,23,25). The van der Waals surface area contributed by atoms with Crippen LogP contribution in [-0.4, -0.2) is 52.0 Å². The fourth-order valence-corrected chi connectivity index (χ4v) is 4.92. The maximum absolute atomic E-state index is 13.1. The van der Waals surface area contributed by atoms with Crippen molar-refractivity contribution in [3.8, 4) is 5.75 Å². The number of hydrogen-bond acceptors (Lipinski definition) is 5. The van der Waals surface area contributed by atoms with Crippen molar-refractivity contribution in [1.29, 1.82) is 0 Å². The Morgan fingerprint density at radius 2 is 1.77 bits per heavy atom. The van der Waals surface area contributed by atoms with Gasteiger partial charge in [-0.1, -0.05) is 36.4 Å². The Morgan fingerprint density at radius 3 is 2.53 bits per heavy atom. The second kappa shape index (κ2) is 8.43. The Hall–Kier alpha value is -2.94. The average molecular weight is 426 g/mol. The summed E-state index contributed by atoms with van der Waals surface area (Å²) in [6, 6.07) is 17.7. The summed E-state index contributed by atoms with van der Waals surface area (Å²) >= 11 is 0. The van der Waals surface area contributed by atoms with Crippen LogP contribution in [0.4, 0.5) is 5.69 Å². The molecule has 0 saturated carbocycles. The van der Waals surface area contributed by atoms with Crippen LogP contribution in [0.1, 0.15) is 10.4 Å². The van der Waals surface area contributed by atoms with Crippen molar-refractivity contribution in [3.05, 3.63) is 66.2 Å². The van der Waals surface area contributed by atoms with E-state index in [0.29, 0.717) is 24.7 Å². The zero-order chi connectivity index (χ0) is 21.1. The zero-order valence-electron chi connectivity index (χ0n) is 16.5. The van der Waals surface area contributed by atoms with Crippen LogP contribution in [0, 0.1) is 0 Å². The molecular formula is C22H22N2O5S. The second-order valence-corrected chi connectivity index (χ2v) is 8.80.